The number of hydrogen-bond acceptors (Lipinski definition) is 2. The number of rotatable bonds is 2. The molecule has 1 N–H and O–H groups in total. The maximum atomic E-state index is 10.5. The SMILES string of the molecule is COC1(O)CCCC([C@H]2C[C@@H]3CC[C@@]2(C)C3(C)C)C1. The summed E-state index contributed by atoms with van der Waals surface area (Å²) in [5.41, 5.74) is 0.967. The number of hydrogen-bond donors (Lipinski definition) is 1. The molecular formula is C17H30O2. The summed E-state index contributed by atoms with van der Waals surface area (Å²) in [5, 5.41) is 10.5. The summed E-state index contributed by atoms with van der Waals surface area (Å²) in [5.74, 6) is 1.52. The summed E-state index contributed by atoms with van der Waals surface area (Å²) < 4.78 is 5.39. The Morgan fingerprint density at radius 2 is 1.84 bits per heavy atom. The first kappa shape index (κ1) is 13.9. The lowest BCUT2D eigenvalue weighted by Gasteiger charge is -2.46. The third-order valence-corrected chi connectivity index (χ3v) is 7.53. The molecule has 0 aliphatic heterocycles. The Labute approximate surface area is 117 Å². The minimum absolute atomic E-state index is 0.480. The van der Waals surface area contributed by atoms with Gasteiger partial charge in [-0.2, -0.15) is 0 Å². The van der Waals surface area contributed by atoms with E-state index in [0.717, 1.165) is 31.1 Å². The lowest BCUT2D eigenvalue weighted by Crippen LogP contribution is -2.43. The van der Waals surface area contributed by atoms with Crippen LogP contribution in [0.25, 0.3) is 0 Å². The van der Waals surface area contributed by atoms with Gasteiger partial charge in [-0.25, -0.2) is 0 Å². The highest BCUT2D eigenvalue weighted by Crippen LogP contribution is 2.70. The van der Waals surface area contributed by atoms with Crippen LogP contribution in [0.1, 0.15) is 65.7 Å². The summed E-state index contributed by atoms with van der Waals surface area (Å²) in [6, 6.07) is 0. The van der Waals surface area contributed by atoms with Gasteiger partial charge in [-0.15, -0.1) is 0 Å². The summed E-state index contributed by atoms with van der Waals surface area (Å²) in [6.07, 6.45) is 8.26. The third kappa shape index (κ3) is 1.82. The minimum atomic E-state index is -0.842. The van der Waals surface area contributed by atoms with Crippen molar-refractivity contribution in [1.29, 1.82) is 0 Å². The molecule has 3 rings (SSSR count). The molecule has 3 saturated carbocycles. The molecule has 3 fully saturated rings. The fourth-order valence-corrected chi connectivity index (χ4v) is 5.76. The van der Waals surface area contributed by atoms with E-state index in [0.29, 0.717) is 16.7 Å². The van der Waals surface area contributed by atoms with Crippen LogP contribution in [0.15, 0.2) is 0 Å². The molecule has 0 aromatic heterocycles. The molecule has 0 radical (unpaired) electrons. The van der Waals surface area contributed by atoms with Crippen molar-refractivity contribution in [3.8, 4) is 0 Å². The van der Waals surface area contributed by atoms with Crippen molar-refractivity contribution >= 4 is 0 Å². The molecule has 2 unspecified atom stereocenters. The second-order valence-corrected chi connectivity index (χ2v) is 8.22. The highest BCUT2D eigenvalue weighted by Gasteiger charge is 2.63. The molecule has 5 atom stereocenters. The van der Waals surface area contributed by atoms with E-state index < -0.39 is 5.79 Å². The summed E-state index contributed by atoms with van der Waals surface area (Å²) in [4.78, 5) is 0. The van der Waals surface area contributed by atoms with Gasteiger partial charge in [0.05, 0.1) is 0 Å². The van der Waals surface area contributed by atoms with E-state index in [2.05, 4.69) is 20.8 Å². The molecule has 0 aromatic rings. The predicted molar refractivity (Wildman–Crippen MR) is 76.6 cm³/mol. The van der Waals surface area contributed by atoms with Crippen LogP contribution < -0.4 is 0 Å². The van der Waals surface area contributed by atoms with Crippen molar-refractivity contribution in [2.75, 3.05) is 7.11 Å². The standard InChI is InChI=1S/C17H30O2/c1-15(2)13-7-9-16(15,3)14(10-13)12-6-5-8-17(18,11-12)19-4/h12-14,18H,5-11H2,1-4H3/t12?,13-,14+,16+,17?/m0/s1. The van der Waals surface area contributed by atoms with E-state index >= 15 is 0 Å². The van der Waals surface area contributed by atoms with Gasteiger partial charge in [0, 0.05) is 20.0 Å². The molecule has 0 heterocycles. The molecule has 0 spiro atoms. The molecule has 0 amide bonds. The fraction of sp³-hybridized carbons (Fsp3) is 1.00. The van der Waals surface area contributed by atoms with Gasteiger partial charge in [0.2, 0.25) is 0 Å². The zero-order valence-electron chi connectivity index (χ0n) is 13.0. The van der Waals surface area contributed by atoms with E-state index in [1.807, 2.05) is 0 Å². The average molecular weight is 266 g/mol. The predicted octanol–water partition coefficient (Wildman–Crippen LogP) is 3.97. The highest BCUT2D eigenvalue weighted by atomic mass is 16.6. The van der Waals surface area contributed by atoms with E-state index in [4.69, 9.17) is 4.74 Å². The molecule has 0 aromatic carbocycles. The Morgan fingerprint density at radius 1 is 1.11 bits per heavy atom. The van der Waals surface area contributed by atoms with Crippen molar-refractivity contribution in [3.05, 3.63) is 0 Å². The maximum absolute atomic E-state index is 10.5. The van der Waals surface area contributed by atoms with E-state index in [1.165, 1.54) is 25.7 Å². The summed E-state index contributed by atoms with van der Waals surface area (Å²) >= 11 is 0. The minimum Gasteiger partial charge on any atom is -0.365 e. The lowest BCUT2D eigenvalue weighted by molar-refractivity contribution is -0.218. The quantitative estimate of drug-likeness (QED) is 0.766. The first-order valence-corrected chi connectivity index (χ1v) is 8.10. The van der Waals surface area contributed by atoms with Crippen molar-refractivity contribution < 1.29 is 9.84 Å². The van der Waals surface area contributed by atoms with Crippen LogP contribution in [0.2, 0.25) is 0 Å². The molecule has 2 heteroatoms. The van der Waals surface area contributed by atoms with Crippen LogP contribution >= 0.6 is 0 Å². The highest BCUT2D eigenvalue weighted by molar-refractivity contribution is 5.11. The molecule has 3 aliphatic rings. The Bertz CT molecular complexity index is 364. The van der Waals surface area contributed by atoms with Gasteiger partial charge in [0.1, 0.15) is 0 Å². The van der Waals surface area contributed by atoms with Crippen LogP contribution in [0.5, 0.6) is 0 Å². The molecular weight excluding hydrogens is 236 g/mol. The smallest absolute Gasteiger partial charge is 0.165 e. The normalized spacial score (nSPS) is 52.6. The second-order valence-electron chi connectivity index (χ2n) is 8.22. The number of fused-ring (bicyclic) bond motifs is 2. The molecule has 2 nitrogen and oxygen atoms in total. The summed E-state index contributed by atoms with van der Waals surface area (Å²) in [6.45, 7) is 7.48. The van der Waals surface area contributed by atoms with Crippen molar-refractivity contribution in [2.24, 2.45) is 28.6 Å². The average Bonchev–Trinajstić information content (AvgIpc) is 2.71. The number of aliphatic hydroxyl groups is 1. The number of ether oxygens (including phenoxy) is 1. The zero-order chi connectivity index (χ0) is 13.9. The Kier molecular flexibility index (Phi) is 3.07. The van der Waals surface area contributed by atoms with Crippen LogP contribution in [0.3, 0.4) is 0 Å². The molecule has 110 valence electrons. The van der Waals surface area contributed by atoms with Crippen LogP contribution in [-0.4, -0.2) is 18.0 Å². The zero-order valence-corrected chi connectivity index (χ0v) is 13.0. The van der Waals surface area contributed by atoms with E-state index in [1.54, 1.807) is 7.11 Å². The first-order valence-electron chi connectivity index (χ1n) is 8.10. The number of methoxy groups -OCH3 is 1. The molecule has 0 saturated heterocycles. The lowest BCUT2D eigenvalue weighted by atomic mass is 9.60. The van der Waals surface area contributed by atoms with Crippen LogP contribution in [0, 0.1) is 28.6 Å². The van der Waals surface area contributed by atoms with Gasteiger partial charge in [-0.3, -0.25) is 0 Å². The molecule has 19 heavy (non-hydrogen) atoms. The van der Waals surface area contributed by atoms with E-state index in [-0.39, 0.29) is 0 Å². The molecule has 3 aliphatic carbocycles. The molecule has 2 bridgehead atoms. The first-order chi connectivity index (χ1) is 8.82. The van der Waals surface area contributed by atoms with Gasteiger partial charge in [0.15, 0.2) is 5.79 Å². The van der Waals surface area contributed by atoms with E-state index in [9.17, 15) is 5.11 Å². The summed E-state index contributed by atoms with van der Waals surface area (Å²) in [7, 11) is 1.66. The van der Waals surface area contributed by atoms with Gasteiger partial charge in [0.25, 0.3) is 0 Å². The maximum Gasteiger partial charge on any atom is 0.165 e. The fourth-order valence-electron chi connectivity index (χ4n) is 5.76. The second kappa shape index (κ2) is 4.21. The Morgan fingerprint density at radius 3 is 2.37 bits per heavy atom. The van der Waals surface area contributed by atoms with Crippen molar-refractivity contribution in [1.82, 2.24) is 0 Å². The van der Waals surface area contributed by atoms with Gasteiger partial charge in [-0.05, 0) is 60.7 Å². The Balaban J connectivity index is 1.81. The van der Waals surface area contributed by atoms with Crippen LogP contribution in [-0.2, 0) is 4.74 Å². The monoisotopic (exact) mass is 266 g/mol. The topological polar surface area (TPSA) is 29.5 Å². The van der Waals surface area contributed by atoms with Crippen molar-refractivity contribution in [2.45, 2.75) is 71.5 Å². The van der Waals surface area contributed by atoms with Crippen LogP contribution in [0.4, 0.5) is 0 Å². The third-order valence-electron chi connectivity index (χ3n) is 7.53. The van der Waals surface area contributed by atoms with Gasteiger partial charge >= 0.3 is 0 Å². The van der Waals surface area contributed by atoms with Crippen molar-refractivity contribution in [3.63, 3.8) is 0 Å². The Hall–Kier alpha value is -0.0800. The van der Waals surface area contributed by atoms with Gasteiger partial charge < -0.3 is 9.84 Å². The largest absolute Gasteiger partial charge is 0.365 e. The van der Waals surface area contributed by atoms with Gasteiger partial charge in [-0.1, -0.05) is 20.8 Å².